The normalized spacial score (nSPS) is 17.0. The summed E-state index contributed by atoms with van der Waals surface area (Å²) in [6.45, 7) is 7.48. The molecule has 0 radical (unpaired) electrons. The molecule has 4 rings (SSSR count). The molecule has 2 saturated heterocycles. The maximum absolute atomic E-state index is 12.6. The maximum Gasteiger partial charge on any atom is 0.319 e. The van der Waals surface area contributed by atoms with E-state index in [9.17, 15) is 9.59 Å². The molecule has 1 aromatic heterocycles. The Kier molecular flexibility index (Phi) is 8.65. The van der Waals surface area contributed by atoms with Crippen LogP contribution < -0.4 is 20.9 Å². The Labute approximate surface area is 201 Å². The Morgan fingerprint density at radius 3 is 2.50 bits per heavy atom. The van der Waals surface area contributed by atoms with Crippen LogP contribution in [0.3, 0.4) is 0 Å². The molecular formula is C26H34N6O2. The molecule has 0 saturated carbocycles. The number of piperidine rings is 1. The topological polar surface area (TPSA) is 89.6 Å². The molecule has 180 valence electrons. The van der Waals surface area contributed by atoms with Crippen LogP contribution >= 0.6 is 0 Å². The summed E-state index contributed by atoms with van der Waals surface area (Å²) in [7, 11) is 0. The Morgan fingerprint density at radius 2 is 1.74 bits per heavy atom. The van der Waals surface area contributed by atoms with E-state index in [1.54, 1.807) is 36.4 Å². The average molecular weight is 463 g/mol. The summed E-state index contributed by atoms with van der Waals surface area (Å²) in [5, 5.41) is 9.06. The molecule has 2 amide bonds. The number of rotatable bonds is 8. The largest absolute Gasteiger partial charge is 0.354 e. The van der Waals surface area contributed by atoms with Crippen molar-refractivity contribution in [2.75, 3.05) is 62.6 Å². The van der Waals surface area contributed by atoms with Crippen molar-refractivity contribution in [3.63, 3.8) is 0 Å². The molecule has 0 bridgehead atoms. The second-order valence-electron chi connectivity index (χ2n) is 8.72. The molecule has 8 heteroatoms. The van der Waals surface area contributed by atoms with Crippen LogP contribution in [0.1, 0.15) is 35.3 Å². The first-order valence-electron chi connectivity index (χ1n) is 12.2. The molecule has 2 aliphatic heterocycles. The molecule has 2 fully saturated rings. The lowest BCUT2D eigenvalue weighted by Gasteiger charge is -2.28. The molecule has 0 aliphatic carbocycles. The summed E-state index contributed by atoms with van der Waals surface area (Å²) in [4.78, 5) is 34.0. The van der Waals surface area contributed by atoms with Crippen LogP contribution in [0.15, 0.2) is 48.5 Å². The molecule has 8 nitrogen and oxygen atoms in total. The van der Waals surface area contributed by atoms with Crippen LogP contribution in [-0.4, -0.2) is 74.1 Å². The molecule has 2 aliphatic rings. The minimum Gasteiger partial charge on any atom is -0.354 e. The van der Waals surface area contributed by atoms with E-state index in [1.807, 2.05) is 18.2 Å². The number of carbonyl (C=O) groups excluding carboxylic acids is 2. The first-order chi connectivity index (χ1) is 16.7. The molecule has 2 aromatic rings. The molecule has 34 heavy (non-hydrogen) atoms. The number of amides is 2. The van der Waals surface area contributed by atoms with Gasteiger partial charge >= 0.3 is 6.03 Å². The van der Waals surface area contributed by atoms with Crippen molar-refractivity contribution in [3.8, 4) is 0 Å². The highest BCUT2D eigenvalue weighted by molar-refractivity contribution is 6.07. The summed E-state index contributed by atoms with van der Waals surface area (Å²) in [5.74, 6) is 0.827. The van der Waals surface area contributed by atoms with E-state index in [4.69, 9.17) is 0 Å². The fraction of sp³-hybridized carbons (Fsp3) is 0.423. The van der Waals surface area contributed by atoms with Gasteiger partial charge in [-0.3, -0.25) is 4.79 Å². The van der Waals surface area contributed by atoms with Crippen LogP contribution in [0.25, 0.3) is 6.08 Å². The van der Waals surface area contributed by atoms with E-state index in [-0.39, 0.29) is 11.8 Å². The molecule has 3 heterocycles. The predicted molar refractivity (Wildman–Crippen MR) is 136 cm³/mol. The van der Waals surface area contributed by atoms with Gasteiger partial charge in [-0.25, -0.2) is 9.78 Å². The predicted octanol–water partition coefficient (Wildman–Crippen LogP) is 2.99. The number of hydrogen-bond donors (Lipinski definition) is 3. The number of carbonyl (C=O) groups is 2. The minimum absolute atomic E-state index is 0.105. The Hall–Kier alpha value is -3.23. The smallest absolute Gasteiger partial charge is 0.319 e. The summed E-state index contributed by atoms with van der Waals surface area (Å²) >= 11 is 0. The fourth-order valence-electron chi connectivity index (χ4n) is 4.26. The highest BCUT2D eigenvalue weighted by Gasteiger charge is 2.12. The standard InChI is InChI=1S/C26H34N6O2/c33-24(12-11-22-5-4-6-25(29-22)32-19-13-27-14-20-32)21-7-9-23(10-8-21)30-26(34)28-15-18-31-16-2-1-3-17-31/h4-12,27H,1-3,13-20H2,(H2,28,30,34). The molecule has 0 unspecified atom stereocenters. The quantitative estimate of drug-likeness (QED) is 0.413. The lowest BCUT2D eigenvalue weighted by molar-refractivity contribution is 0.104. The van der Waals surface area contributed by atoms with E-state index in [0.29, 0.717) is 17.8 Å². The fourth-order valence-corrected chi connectivity index (χ4v) is 4.26. The number of pyridine rings is 1. The summed E-state index contributed by atoms with van der Waals surface area (Å²) in [6.07, 6.45) is 7.08. The monoisotopic (exact) mass is 462 g/mol. The van der Waals surface area contributed by atoms with Crippen LogP contribution in [0.2, 0.25) is 0 Å². The highest BCUT2D eigenvalue weighted by atomic mass is 16.2. The van der Waals surface area contributed by atoms with Crippen LogP contribution in [-0.2, 0) is 0 Å². The van der Waals surface area contributed by atoms with Crippen molar-refractivity contribution in [3.05, 3.63) is 59.8 Å². The van der Waals surface area contributed by atoms with E-state index < -0.39 is 0 Å². The number of urea groups is 1. The zero-order valence-corrected chi connectivity index (χ0v) is 19.6. The lowest BCUT2D eigenvalue weighted by Crippen LogP contribution is -2.43. The third-order valence-electron chi connectivity index (χ3n) is 6.19. The molecular weight excluding hydrogens is 428 g/mol. The Bertz CT molecular complexity index is 979. The summed E-state index contributed by atoms with van der Waals surface area (Å²) in [6, 6.07) is 12.6. The third kappa shape index (κ3) is 7.13. The van der Waals surface area contributed by atoms with Gasteiger partial charge in [0, 0.05) is 50.5 Å². The number of piperazine rings is 1. The van der Waals surface area contributed by atoms with E-state index in [1.165, 1.54) is 19.3 Å². The number of anilines is 2. The second-order valence-corrected chi connectivity index (χ2v) is 8.72. The van der Waals surface area contributed by atoms with Crippen LogP contribution in [0, 0.1) is 0 Å². The Balaban J connectivity index is 1.25. The number of ketones is 1. The van der Waals surface area contributed by atoms with Gasteiger partial charge < -0.3 is 25.8 Å². The zero-order valence-electron chi connectivity index (χ0n) is 19.6. The van der Waals surface area contributed by atoms with Gasteiger partial charge in [-0.1, -0.05) is 12.5 Å². The van der Waals surface area contributed by atoms with Gasteiger partial charge in [-0.05, 0) is 74.5 Å². The second kappa shape index (κ2) is 12.3. The van der Waals surface area contributed by atoms with Crippen molar-refractivity contribution in [2.45, 2.75) is 19.3 Å². The average Bonchev–Trinajstić information content (AvgIpc) is 2.89. The van der Waals surface area contributed by atoms with Gasteiger partial charge in [-0.15, -0.1) is 0 Å². The van der Waals surface area contributed by atoms with Crippen molar-refractivity contribution in [1.82, 2.24) is 20.5 Å². The molecule has 1 aromatic carbocycles. The van der Waals surface area contributed by atoms with Gasteiger partial charge in [0.1, 0.15) is 5.82 Å². The molecule has 3 N–H and O–H groups in total. The number of nitrogens with one attached hydrogen (secondary N) is 3. The zero-order chi connectivity index (χ0) is 23.6. The van der Waals surface area contributed by atoms with Crippen LogP contribution in [0.4, 0.5) is 16.3 Å². The third-order valence-corrected chi connectivity index (χ3v) is 6.19. The minimum atomic E-state index is -0.230. The molecule has 0 spiro atoms. The first-order valence-corrected chi connectivity index (χ1v) is 12.2. The van der Waals surface area contributed by atoms with Gasteiger partial charge in [0.2, 0.25) is 0 Å². The number of nitrogens with zero attached hydrogens (tertiary/aromatic N) is 3. The number of likely N-dealkylation sites (tertiary alicyclic amines) is 1. The van der Waals surface area contributed by atoms with Gasteiger partial charge in [0.25, 0.3) is 0 Å². The SMILES string of the molecule is O=C(NCCN1CCCCC1)Nc1ccc(C(=O)C=Cc2cccc(N3CCNCC3)n2)cc1. The van der Waals surface area contributed by atoms with E-state index >= 15 is 0 Å². The van der Waals surface area contributed by atoms with Crippen molar-refractivity contribution >= 4 is 29.4 Å². The summed E-state index contributed by atoms with van der Waals surface area (Å²) in [5.41, 5.74) is 1.97. The van der Waals surface area contributed by atoms with Gasteiger partial charge in [0.05, 0.1) is 5.69 Å². The Morgan fingerprint density at radius 1 is 0.971 bits per heavy atom. The van der Waals surface area contributed by atoms with Gasteiger partial charge in [0.15, 0.2) is 5.78 Å². The summed E-state index contributed by atoms with van der Waals surface area (Å²) < 4.78 is 0. The highest BCUT2D eigenvalue weighted by Crippen LogP contribution is 2.14. The number of allylic oxidation sites excluding steroid dienone is 1. The molecule has 0 atom stereocenters. The van der Waals surface area contributed by atoms with E-state index in [2.05, 4.69) is 30.7 Å². The lowest BCUT2D eigenvalue weighted by atomic mass is 10.1. The van der Waals surface area contributed by atoms with Gasteiger partial charge in [-0.2, -0.15) is 0 Å². The number of hydrogen-bond acceptors (Lipinski definition) is 6. The van der Waals surface area contributed by atoms with Crippen LogP contribution in [0.5, 0.6) is 0 Å². The maximum atomic E-state index is 12.6. The van der Waals surface area contributed by atoms with Crippen molar-refractivity contribution in [2.24, 2.45) is 0 Å². The number of benzene rings is 1. The number of aromatic nitrogens is 1. The van der Waals surface area contributed by atoms with Crippen molar-refractivity contribution in [1.29, 1.82) is 0 Å². The first kappa shape index (κ1) is 23.9. The van der Waals surface area contributed by atoms with E-state index in [0.717, 1.165) is 57.3 Å². The van der Waals surface area contributed by atoms with Crippen molar-refractivity contribution < 1.29 is 9.59 Å².